The highest BCUT2D eigenvalue weighted by Gasteiger charge is 2.37. The highest BCUT2D eigenvalue weighted by molar-refractivity contribution is 9.10. The lowest BCUT2D eigenvalue weighted by Crippen LogP contribution is -2.46. The molecule has 0 aliphatic rings. The molecule has 23 heavy (non-hydrogen) atoms. The van der Waals surface area contributed by atoms with Gasteiger partial charge < -0.3 is 10.4 Å². The maximum absolute atomic E-state index is 11.9. The third-order valence-corrected chi connectivity index (χ3v) is 4.25. The predicted molar refractivity (Wildman–Crippen MR) is 89.7 cm³/mol. The zero-order valence-corrected chi connectivity index (χ0v) is 14.6. The van der Waals surface area contributed by atoms with Gasteiger partial charge in [0.05, 0.1) is 5.41 Å². The van der Waals surface area contributed by atoms with Gasteiger partial charge in [0.2, 0.25) is 5.91 Å². The maximum Gasteiger partial charge on any atom is 0.337 e. The summed E-state index contributed by atoms with van der Waals surface area (Å²) in [6.45, 7) is 3.44. The Morgan fingerprint density at radius 2 is 1.65 bits per heavy atom. The third kappa shape index (κ3) is 5.55. The molecule has 0 fully saturated rings. The number of carbonyl (C=O) groups is 3. The second-order valence-electron chi connectivity index (χ2n) is 5.10. The standard InChI is InChI=1S/C15H20BrN3O4/c1-3-15(4-2,13(21)22)9-12(20)18-19-14(23)17-11-7-5-10(16)6-8-11/h5-8H,3-4,9H2,1-2H3,(H,18,20)(H,21,22)(H2,17,19,23). The summed E-state index contributed by atoms with van der Waals surface area (Å²) in [5.74, 6) is -1.57. The van der Waals surface area contributed by atoms with Gasteiger partial charge >= 0.3 is 12.0 Å². The Labute approximate surface area is 142 Å². The molecule has 0 bridgehead atoms. The van der Waals surface area contributed by atoms with E-state index in [0.717, 1.165) is 4.47 Å². The number of urea groups is 1. The van der Waals surface area contributed by atoms with Crippen LogP contribution in [-0.2, 0) is 9.59 Å². The first-order valence-electron chi connectivity index (χ1n) is 7.17. The second kappa shape index (κ2) is 8.52. The molecule has 0 aliphatic carbocycles. The SMILES string of the molecule is CCC(CC)(CC(=O)NNC(=O)Nc1ccc(Br)cc1)C(=O)O. The summed E-state index contributed by atoms with van der Waals surface area (Å²) >= 11 is 3.28. The fourth-order valence-electron chi connectivity index (χ4n) is 2.05. The van der Waals surface area contributed by atoms with E-state index in [0.29, 0.717) is 18.5 Å². The van der Waals surface area contributed by atoms with E-state index in [2.05, 4.69) is 32.1 Å². The Bertz CT molecular complexity index is 571. The third-order valence-electron chi connectivity index (χ3n) is 3.72. The predicted octanol–water partition coefficient (Wildman–Crippen LogP) is 2.88. The molecule has 1 rings (SSSR count). The smallest absolute Gasteiger partial charge is 0.337 e. The lowest BCUT2D eigenvalue weighted by Gasteiger charge is -2.25. The number of halogens is 1. The van der Waals surface area contributed by atoms with Crippen LogP contribution in [0, 0.1) is 5.41 Å². The summed E-state index contributed by atoms with van der Waals surface area (Å²) < 4.78 is 0.876. The Balaban J connectivity index is 2.50. The lowest BCUT2D eigenvalue weighted by atomic mass is 9.79. The van der Waals surface area contributed by atoms with Crippen molar-refractivity contribution in [3.05, 3.63) is 28.7 Å². The Morgan fingerprint density at radius 1 is 1.09 bits per heavy atom. The summed E-state index contributed by atoms with van der Waals surface area (Å²) in [5.41, 5.74) is 3.86. The van der Waals surface area contributed by atoms with Crippen LogP contribution in [0.4, 0.5) is 10.5 Å². The Hall–Kier alpha value is -2.09. The maximum atomic E-state index is 11.9. The minimum atomic E-state index is -1.12. The van der Waals surface area contributed by atoms with Gasteiger partial charge in [-0.2, -0.15) is 0 Å². The normalized spacial score (nSPS) is 10.7. The lowest BCUT2D eigenvalue weighted by molar-refractivity contribution is -0.152. The minimum absolute atomic E-state index is 0.200. The van der Waals surface area contributed by atoms with Gasteiger partial charge in [-0.25, -0.2) is 10.2 Å². The molecule has 0 unspecified atom stereocenters. The van der Waals surface area contributed by atoms with Crippen molar-refractivity contribution in [3.63, 3.8) is 0 Å². The number of rotatable bonds is 6. The van der Waals surface area contributed by atoms with E-state index in [-0.39, 0.29) is 6.42 Å². The van der Waals surface area contributed by atoms with Crippen molar-refractivity contribution in [1.82, 2.24) is 10.9 Å². The summed E-state index contributed by atoms with van der Waals surface area (Å²) in [5, 5.41) is 11.8. The number of aliphatic carboxylic acids is 1. The highest BCUT2D eigenvalue weighted by Crippen LogP contribution is 2.30. The quantitative estimate of drug-likeness (QED) is 0.564. The number of carboxylic acids is 1. The largest absolute Gasteiger partial charge is 0.481 e. The van der Waals surface area contributed by atoms with Crippen LogP contribution in [0.15, 0.2) is 28.7 Å². The number of anilines is 1. The van der Waals surface area contributed by atoms with Crippen LogP contribution in [0.3, 0.4) is 0 Å². The van der Waals surface area contributed by atoms with Crippen LogP contribution in [0.1, 0.15) is 33.1 Å². The second-order valence-corrected chi connectivity index (χ2v) is 6.02. The molecule has 0 radical (unpaired) electrons. The van der Waals surface area contributed by atoms with Gasteiger partial charge in [0.1, 0.15) is 0 Å². The number of hydrazine groups is 1. The molecule has 0 aliphatic heterocycles. The average molecular weight is 386 g/mol. The minimum Gasteiger partial charge on any atom is -0.481 e. The molecule has 1 aromatic rings. The molecular formula is C15H20BrN3O4. The molecule has 0 saturated heterocycles. The van der Waals surface area contributed by atoms with E-state index >= 15 is 0 Å². The summed E-state index contributed by atoms with van der Waals surface area (Å²) in [7, 11) is 0. The number of carbonyl (C=O) groups excluding carboxylic acids is 2. The van der Waals surface area contributed by atoms with Gasteiger partial charge in [-0.1, -0.05) is 29.8 Å². The van der Waals surface area contributed by atoms with E-state index in [9.17, 15) is 19.5 Å². The number of carboxylic acid groups (broad SMARTS) is 1. The van der Waals surface area contributed by atoms with E-state index in [1.54, 1.807) is 38.1 Å². The first kappa shape index (κ1) is 19.0. The van der Waals surface area contributed by atoms with Gasteiger partial charge in [-0.15, -0.1) is 0 Å². The molecule has 0 saturated carbocycles. The summed E-state index contributed by atoms with van der Waals surface area (Å²) in [4.78, 5) is 34.9. The topological polar surface area (TPSA) is 108 Å². The number of hydrogen-bond acceptors (Lipinski definition) is 3. The average Bonchev–Trinajstić information content (AvgIpc) is 2.52. The zero-order chi connectivity index (χ0) is 17.5. The molecule has 0 aromatic heterocycles. The molecular weight excluding hydrogens is 366 g/mol. The Morgan fingerprint density at radius 3 is 2.13 bits per heavy atom. The molecule has 0 spiro atoms. The summed E-state index contributed by atoms with van der Waals surface area (Å²) in [6.07, 6.45) is 0.461. The molecule has 3 amide bonds. The summed E-state index contributed by atoms with van der Waals surface area (Å²) in [6, 6.07) is 6.29. The fraction of sp³-hybridized carbons (Fsp3) is 0.400. The van der Waals surface area contributed by atoms with Crippen LogP contribution in [0.5, 0.6) is 0 Å². The number of nitrogens with one attached hydrogen (secondary N) is 3. The van der Waals surface area contributed by atoms with Crippen molar-refractivity contribution in [2.75, 3.05) is 5.32 Å². The Kier molecular flexibility index (Phi) is 7.02. The molecule has 1 aromatic carbocycles. The van der Waals surface area contributed by atoms with Gasteiger partial charge in [0.25, 0.3) is 0 Å². The van der Waals surface area contributed by atoms with Gasteiger partial charge in [-0.3, -0.25) is 15.0 Å². The highest BCUT2D eigenvalue weighted by atomic mass is 79.9. The number of hydrogen-bond donors (Lipinski definition) is 4. The van der Waals surface area contributed by atoms with Crippen molar-refractivity contribution in [2.24, 2.45) is 5.41 Å². The van der Waals surface area contributed by atoms with Crippen LogP contribution < -0.4 is 16.2 Å². The number of amides is 3. The van der Waals surface area contributed by atoms with E-state index in [1.165, 1.54) is 0 Å². The molecule has 0 heterocycles. The van der Waals surface area contributed by atoms with Crippen molar-refractivity contribution in [1.29, 1.82) is 0 Å². The van der Waals surface area contributed by atoms with Crippen molar-refractivity contribution in [3.8, 4) is 0 Å². The fourth-order valence-corrected chi connectivity index (χ4v) is 2.32. The molecule has 7 nitrogen and oxygen atoms in total. The van der Waals surface area contributed by atoms with Crippen molar-refractivity contribution in [2.45, 2.75) is 33.1 Å². The van der Waals surface area contributed by atoms with Crippen LogP contribution in [0.25, 0.3) is 0 Å². The monoisotopic (exact) mass is 385 g/mol. The van der Waals surface area contributed by atoms with Crippen LogP contribution in [-0.4, -0.2) is 23.0 Å². The van der Waals surface area contributed by atoms with Crippen molar-refractivity contribution < 1.29 is 19.5 Å². The molecule has 4 N–H and O–H groups in total. The van der Waals surface area contributed by atoms with E-state index < -0.39 is 23.3 Å². The van der Waals surface area contributed by atoms with Gasteiger partial charge in [0.15, 0.2) is 0 Å². The van der Waals surface area contributed by atoms with Crippen molar-refractivity contribution >= 4 is 39.5 Å². The molecule has 0 atom stereocenters. The van der Waals surface area contributed by atoms with Gasteiger partial charge in [-0.05, 0) is 37.1 Å². The number of benzene rings is 1. The van der Waals surface area contributed by atoms with Gasteiger partial charge in [0, 0.05) is 16.6 Å². The molecule has 8 heteroatoms. The van der Waals surface area contributed by atoms with Crippen LogP contribution >= 0.6 is 15.9 Å². The van der Waals surface area contributed by atoms with E-state index in [1.807, 2.05) is 0 Å². The first-order valence-corrected chi connectivity index (χ1v) is 7.97. The molecule has 126 valence electrons. The first-order chi connectivity index (χ1) is 10.8. The zero-order valence-electron chi connectivity index (χ0n) is 13.0. The van der Waals surface area contributed by atoms with Crippen LogP contribution in [0.2, 0.25) is 0 Å². The van der Waals surface area contributed by atoms with E-state index in [4.69, 9.17) is 0 Å².